The summed E-state index contributed by atoms with van der Waals surface area (Å²) >= 11 is 0. The highest BCUT2D eigenvalue weighted by atomic mass is 19.1. The molecular formula is C21H26F2N4O. The summed E-state index contributed by atoms with van der Waals surface area (Å²) in [6, 6.07) is 11.7. The number of halogens is 2. The van der Waals surface area contributed by atoms with Crippen LogP contribution in [-0.4, -0.2) is 44.2 Å². The molecule has 1 saturated heterocycles. The zero-order valence-corrected chi connectivity index (χ0v) is 16.0. The molecule has 0 saturated carbocycles. The second-order valence-electron chi connectivity index (χ2n) is 6.67. The first kappa shape index (κ1) is 20.2. The van der Waals surface area contributed by atoms with Crippen molar-refractivity contribution >= 4 is 5.96 Å². The Morgan fingerprint density at radius 2 is 1.68 bits per heavy atom. The van der Waals surface area contributed by atoms with Gasteiger partial charge in [-0.1, -0.05) is 24.3 Å². The van der Waals surface area contributed by atoms with E-state index in [0.717, 1.165) is 45.0 Å². The van der Waals surface area contributed by atoms with E-state index in [2.05, 4.69) is 32.7 Å². The minimum Gasteiger partial charge on any atom is -0.379 e. The highest BCUT2D eigenvalue weighted by Crippen LogP contribution is 2.13. The van der Waals surface area contributed by atoms with Crippen LogP contribution >= 0.6 is 0 Å². The molecule has 0 bridgehead atoms. The number of ether oxygens (including phenoxy) is 1. The summed E-state index contributed by atoms with van der Waals surface area (Å²) in [5, 5.41) is 6.28. The highest BCUT2D eigenvalue weighted by molar-refractivity contribution is 5.79. The Hall–Kier alpha value is -2.51. The fourth-order valence-electron chi connectivity index (χ4n) is 3.14. The molecule has 2 N–H and O–H groups in total. The van der Waals surface area contributed by atoms with Crippen molar-refractivity contribution in [2.45, 2.75) is 19.6 Å². The van der Waals surface area contributed by atoms with Crippen LogP contribution in [-0.2, 0) is 24.4 Å². The summed E-state index contributed by atoms with van der Waals surface area (Å²) in [6.45, 7) is 5.03. The van der Waals surface area contributed by atoms with E-state index in [9.17, 15) is 8.78 Å². The van der Waals surface area contributed by atoms with Crippen molar-refractivity contribution in [3.63, 3.8) is 0 Å². The summed E-state index contributed by atoms with van der Waals surface area (Å²) in [5.41, 5.74) is 2.69. The number of nitrogens with one attached hydrogen (secondary N) is 2. The number of benzene rings is 2. The molecule has 0 aliphatic carbocycles. The van der Waals surface area contributed by atoms with E-state index in [1.807, 2.05) is 12.1 Å². The van der Waals surface area contributed by atoms with Gasteiger partial charge in [-0.25, -0.2) is 8.78 Å². The fraction of sp³-hybridized carbons (Fsp3) is 0.381. The molecule has 1 aliphatic heterocycles. The van der Waals surface area contributed by atoms with Gasteiger partial charge < -0.3 is 15.4 Å². The summed E-state index contributed by atoms with van der Waals surface area (Å²) in [4.78, 5) is 6.54. The van der Waals surface area contributed by atoms with Crippen LogP contribution in [0, 0.1) is 11.6 Å². The highest BCUT2D eigenvalue weighted by Gasteiger charge is 2.13. The van der Waals surface area contributed by atoms with Crippen LogP contribution in [0.2, 0.25) is 0 Å². The third-order valence-electron chi connectivity index (χ3n) is 4.74. The van der Waals surface area contributed by atoms with E-state index in [1.165, 1.54) is 17.2 Å². The molecule has 3 rings (SSSR count). The van der Waals surface area contributed by atoms with Crippen LogP contribution in [0.5, 0.6) is 0 Å². The summed E-state index contributed by atoms with van der Waals surface area (Å²) in [5.74, 6) is -0.372. The molecule has 1 aliphatic rings. The van der Waals surface area contributed by atoms with Crippen LogP contribution in [0.4, 0.5) is 8.78 Å². The quantitative estimate of drug-likeness (QED) is 0.590. The molecule has 150 valence electrons. The molecule has 28 heavy (non-hydrogen) atoms. The van der Waals surface area contributed by atoms with E-state index in [1.54, 1.807) is 7.05 Å². The zero-order valence-electron chi connectivity index (χ0n) is 16.0. The van der Waals surface area contributed by atoms with Crippen LogP contribution in [0.3, 0.4) is 0 Å². The molecule has 1 fully saturated rings. The molecule has 2 aromatic rings. The number of guanidine groups is 1. The van der Waals surface area contributed by atoms with Crippen molar-refractivity contribution in [1.29, 1.82) is 0 Å². The first-order chi connectivity index (χ1) is 13.7. The van der Waals surface area contributed by atoms with Gasteiger partial charge in [0.15, 0.2) is 5.96 Å². The van der Waals surface area contributed by atoms with Gasteiger partial charge in [0.05, 0.1) is 13.2 Å². The first-order valence-corrected chi connectivity index (χ1v) is 9.41. The molecule has 0 amide bonds. The van der Waals surface area contributed by atoms with E-state index in [0.29, 0.717) is 12.5 Å². The number of hydrogen-bond donors (Lipinski definition) is 2. The Morgan fingerprint density at radius 3 is 2.39 bits per heavy atom. The van der Waals surface area contributed by atoms with Crippen molar-refractivity contribution in [3.05, 3.63) is 70.8 Å². The van der Waals surface area contributed by atoms with Crippen LogP contribution in [0.15, 0.2) is 47.5 Å². The maximum Gasteiger partial charge on any atom is 0.191 e. The second kappa shape index (κ2) is 10.1. The largest absolute Gasteiger partial charge is 0.379 e. The maximum absolute atomic E-state index is 13.8. The SMILES string of the molecule is CN=C(NCc1cc(F)ccc1F)NCc1ccccc1CN1CCOCC1. The summed E-state index contributed by atoms with van der Waals surface area (Å²) in [7, 11) is 1.65. The first-order valence-electron chi connectivity index (χ1n) is 9.41. The second-order valence-corrected chi connectivity index (χ2v) is 6.67. The van der Waals surface area contributed by atoms with E-state index < -0.39 is 11.6 Å². The Bertz CT molecular complexity index is 807. The van der Waals surface area contributed by atoms with Gasteiger partial charge in [-0.2, -0.15) is 0 Å². The normalized spacial score (nSPS) is 15.5. The fourth-order valence-corrected chi connectivity index (χ4v) is 3.14. The topological polar surface area (TPSA) is 48.9 Å². The molecule has 0 spiro atoms. The minimum atomic E-state index is -0.460. The lowest BCUT2D eigenvalue weighted by Crippen LogP contribution is -2.37. The van der Waals surface area contributed by atoms with Crippen LogP contribution in [0.1, 0.15) is 16.7 Å². The van der Waals surface area contributed by atoms with E-state index >= 15 is 0 Å². The molecule has 0 radical (unpaired) electrons. The standard InChI is InChI=1S/C21H26F2N4O/c1-24-21(26-14-18-12-19(22)6-7-20(18)23)25-13-16-4-2-3-5-17(16)15-27-8-10-28-11-9-27/h2-7,12H,8-11,13-15H2,1H3,(H2,24,25,26). The van der Waals surface area contributed by atoms with Gasteiger partial charge in [-0.05, 0) is 29.3 Å². The van der Waals surface area contributed by atoms with Crippen molar-refractivity contribution in [1.82, 2.24) is 15.5 Å². The molecule has 5 nitrogen and oxygen atoms in total. The molecule has 0 unspecified atom stereocenters. The molecule has 0 aromatic heterocycles. The lowest BCUT2D eigenvalue weighted by atomic mass is 10.1. The molecule has 0 atom stereocenters. The molecule has 2 aromatic carbocycles. The van der Waals surface area contributed by atoms with Gasteiger partial charge in [0.25, 0.3) is 0 Å². The van der Waals surface area contributed by atoms with E-state index in [4.69, 9.17) is 4.74 Å². The third-order valence-corrected chi connectivity index (χ3v) is 4.74. The number of hydrogen-bond acceptors (Lipinski definition) is 3. The van der Waals surface area contributed by atoms with Crippen molar-refractivity contribution < 1.29 is 13.5 Å². The Labute approximate surface area is 164 Å². The Kier molecular flexibility index (Phi) is 7.33. The van der Waals surface area contributed by atoms with Gasteiger partial charge >= 0.3 is 0 Å². The van der Waals surface area contributed by atoms with Gasteiger partial charge in [-0.3, -0.25) is 9.89 Å². The zero-order chi connectivity index (χ0) is 19.8. The number of nitrogens with zero attached hydrogens (tertiary/aromatic N) is 2. The van der Waals surface area contributed by atoms with Gasteiger partial charge in [-0.15, -0.1) is 0 Å². The Morgan fingerprint density at radius 1 is 1.00 bits per heavy atom. The van der Waals surface area contributed by atoms with Crippen molar-refractivity contribution in [3.8, 4) is 0 Å². The lowest BCUT2D eigenvalue weighted by molar-refractivity contribution is 0.0341. The number of aliphatic imine (C=N–C) groups is 1. The van der Waals surface area contributed by atoms with Crippen LogP contribution in [0.25, 0.3) is 0 Å². The van der Waals surface area contributed by atoms with Gasteiger partial charge in [0.1, 0.15) is 11.6 Å². The average Bonchev–Trinajstić information content (AvgIpc) is 2.72. The van der Waals surface area contributed by atoms with Crippen molar-refractivity contribution in [2.75, 3.05) is 33.4 Å². The lowest BCUT2D eigenvalue weighted by Gasteiger charge is -2.27. The Balaban J connectivity index is 1.57. The predicted molar refractivity (Wildman–Crippen MR) is 106 cm³/mol. The average molecular weight is 388 g/mol. The molecular weight excluding hydrogens is 362 g/mol. The van der Waals surface area contributed by atoms with Gasteiger partial charge in [0.2, 0.25) is 0 Å². The van der Waals surface area contributed by atoms with Crippen molar-refractivity contribution in [2.24, 2.45) is 4.99 Å². The van der Waals surface area contributed by atoms with E-state index in [-0.39, 0.29) is 12.1 Å². The minimum absolute atomic E-state index is 0.151. The predicted octanol–water partition coefficient (Wildman–Crippen LogP) is 2.66. The maximum atomic E-state index is 13.8. The molecule has 7 heteroatoms. The molecule has 1 heterocycles. The number of rotatable bonds is 6. The van der Waals surface area contributed by atoms with Gasteiger partial charge in [0, 0.05) is 45.3 Å². The smallest absolute Gasteiger partial charge is 0.191 e. The van der Waals surface area contributed by atoms with Crippen LogP contribution < -0.4 is 10.6 Å². The number of morpholine rings is 1. The summed E-state index contributed by atoms with van der Waals surface area (Å²) < 4.78 is 32.5. The summed E-state index contributed by atoms with van der Waals surface area (Å²) in [6.07, 6.45) is 0. The monoisotopic (exact) mass is 388 g/mol. The third kappa shape index (κ3) is 5.74.